The molecule has 2 aliphatic rings. The van der Waals surface area contributed by atoms with Crippen LogP contribution in [0.1, 0.15) is 25.7 Å². The van der Waals surface area contributed by atoms with E-state index < -0.39 is 0 Å². The molecule has 1 aliphatic heterocycles. The minimum atomic E-state index is -0.174. The van der Waals surface area contributed by atoms with Gasteiger partial charge in [-0.05, 0) is 55.2 Å². The van der Waals surface area contributed by atoms with E-state index in [1.807, 2.05) is 59.5 Å². The summed E-state index contributed by atoms with van der Waals surface area (Å²) in [5, 5.41) is 3.10. The Morgan fingerprint density at radius 1 is 0.939 bits per heavy atom. The van der Waals surface area contributed by atoms with Crippen LogP contribution in [-0.2, 0) is 9.59 Å². The lowest BCUT2D eigenvalue weighted by atomic mass is 9.95. The summed E-state index contributed by atoms with van der Waals surface area (Å²) < 4.78 is 10.8. The maximum Gasteiger partial charge on any atom is 0.260 e. The van der Waals surface area contributed by atoms with E-state index in [9.17, 15) is 9.59 Å². The Bertz CT molecular complexity index is 905. The fraction of sp³-hybridized carbons (Fsp3) is 0.462. The summed E-state index contributed by atoms with van der Waals surface area (Å²) in [6.07, 6.45) is 4.49. The van der Waals surface area contributed by atoms with Crippen molar-refractivity contribution in [2.24, 2.45) is 5.92 Å². The number of anilines is 1. The number of carbonyl (C=O) groups excluding carboxylic acids is 2. The van der Waals surface area contributed by atoms with Crippen LogP contribution in [0, 0.1) is 5.92 Å². The van der Waals surface area contributed by atoms with Crippen molar-refractivity contribution in [3.8, 4) is 11.5 Å². The summed E-state index contributed by atoms with van der Waals surface area (Å²) in [6.45, 7) is 2.63. The molecule has 0 bridgehead atoms. The van der Waals surface area contributed by atoms with Crippen LogP contribution in [0.4, 0.5) is 5.69 Å². The molecule has 1 unspecified atom stereocenters. The Labute approximate surface area is 195 Å². The van der Waals surface area contributed by atoms with E-state index in [0.717, 1.165) is 24.3 Å². The van der Waals surface area contributed by atoms with Crippen LogP contribution in [0.5, 0.6) is 11.5 Å². The van der Waals surface area contributed by atoms with Crippen molar-refractivity contribution >= 4 is 17.5 Å². The summed E-state index contributed by atoms with van der Waals surface area (Å²) in [6, 6.07) is 16.6. The third kappa shape index (κ3) is 6.05. The van der Waals surface area contributed by atoms with Crippen LogP contribution in [0.25, 0.3) is 0 Å². The van der Waals surface area contributed by atoms with E-state index in [0.29, 0.717) is 37.8 Å². The largest absolute Gasteiger partial charge is 0.497 e. The predicted molar refractivity (Wildman–Crippen MR) is 127 cm³/mol. The summed E-state index contributed by atoms with van der Waals surface area (Å²) in [5.41, 5.74) is 0.774. The lowest BCUT2D eigenvalue weighted by molar-refractivity contribution is -0.136. The zero-order valence-electron chi connectivity index (χ0n) is 19.2. The second kappa shape index (κ2) is 11.2. The molecule has 2 fully saturated rings. The van der Waals surface area contributed by atoms with Gasteiger partial charge in [-0.3, -0.25) is 14.5 Å². The van der Waals surface area contributed by atoms with E-state index in [1.54, 1.807) is 7.11 Å². The van der Waals surface area contributed by atoms with Gasteiger partial charge in [-0.15, -0.1) is 0 Å². The first kappa shape index (κ1) is 23.1. The minimum Gasteiger partial charge on any atom is -0.497 e. The predicted octanol–water partition coefficient (Wildman–Crippen LogP) is 3.42. The molecule has 4 rings (SSSR count). The maximum atomic E-state index is 13.3. The van der Waals surface area contributed by atoms with Crippen molar-refractivity contribution in [1.29, 1.82) is 0 Å². The van der Waals surface area contributed by atoms with Crippen molar-refractivity contribution in [2.75, 3.05) is 45.2 Å². The number of ether oxygens (including phenoxy) is 2. The molecule has 0 radical (unpaired) electrons. The summed E-state index contributed by atoms with van der Waals surface area (Å²) in [4.78, 5) is 30.1. The van der Waals surface area contributed by atoms with Crippen molar-refractivity contribution < 1.29 is 19.1 Å². The van der Waals surface area contributed by atoms with E-state index >= 15 is 0 Å². The molecule has 7 nitrogen and oxygen atoms in total. The second-order valence-corrected chi connectivity index (χ2v) is 8.73. The van der Waals surface area contributed by atoms with Crippen molar-refractivity contribution in [1.82, 2.24) is 9.80 Å². The lowest BCUT2D eigenvalue weighted by Gasteiger charge is -2.40. The molecule has 2 aromatic carbocycles. The lowest BCUT2D eigenvalue weighted by Crippen LogP contribution is -2.57. The van der Waals surface area contributed by atoms with Crippen molar-refractivity contribution in [2.45, 2.75) is 31.7 Å². The highest BCUT2D eigenvalue weighted by molar-refractivity contribution is 5.95. The zero-order chi connectivity index (χ0) is 23.0. The topological polar surface area (TPSA) is 71.1 Å². The fourth-order valence-electron chi connectivity index (χ4n) is 4.84. The molecule has 1 atom stereocenters. The number of amides is 2. The number of para-hydroxylation sites is 1. The summed E-state index contributed by atoms with van der Waals surface area (Å²) >= 11 is 0. The summed E-state index contributed by atoms with van der Waals surface area (Å²) in [5.74, 6) is 1.84. The highest BCUT2D eigenvalue weighted by Gasteiger charge is 2.37. The third-order valence-electron chi connectivity index (χ3n) is 6.64. The van der Waals surface area contributed by atoms with Gasteiger partial charge >= 0.3 is 0 Å². The molecule has 176 valence electrons. The number of hydrogen-bond acceptors (Lipinski definition) is 5. The zero-order valence-corrected chi connectivity index (χ0v) is 19.2. The summed E-state index contributed by atoms with van der Waals surface area (Å²) in [7, 11) is 1.63. The Morgan fingerprint density at radius 3 is 2.24 bits per heavy atom. The first-order valence-electron chi connectivity index (χ1n) is 11.8. The SMILES string of the molecule is COc1ccc(NC(=O)C(C2CCCC2)N2CCN(C(=O)COc3ccccc3)CC2)cc1. The van der Waals surface area contributed by atoms with Crippen molar-refractivity contribution in [3.05, 3.63) is 54.6 Å². The van der Waals surface area contributed by atoms with E-state index in [4.69, 9.17) is 9.47 Å². The third-order valence-corrected chi connectivity index (χ3v) is 6.64. The molecule has 1 N–H and O–H groups in total. The average molecular weight is 452 g/mol. The van der Waals surface area contributed by atoms with Gasteiger partial charge in [-0.1, -0.05) is 31.0 Å². The quantitative estimate of drug-likeness (QED) is 0.666. The number of nitrogens with one attached hydrogen (secondary N) is 1. The molecular formula is C26H33N3O4. The van der Waals surface area contributed by atoms with Gasteiger partial charge in [0.1, 0.15) is 11.5 Å². The molecule has 1 saturated carbocycles. The van der Waals surface area contributed by atoms with Crippen molar-refractivity contribution in [3.63, 3.8) is 0 Å². The molecule has 2 amide bonds. The molecule has 1 aliphatic carbocycles. The number of methoxy groups -OCH3 is 1. The standard InChI is InChI=1S/C26H33N3O4/c1-32-22-13-11-21(12-14-22)27-26(31)25(20-7-5-6-8-20)29-17-15-28(16-18-29)24(30)19-33-23-9-3-2-4-10-23/h2-4,9-14,20,25H,5-8,15-19H2,1H3,(H,27,31). The Kier molecular flexibility index (Phi) is 7.83. The number of carbonyl (C=O) groups is 2. The first-order chi connectivity index (χ1) is 16.1. The maximum absolute atomic E-state index is 13.3. The van der Waals surface area contributed by atoms with Gasteiger partial charge in [0, 0.05) is 31.9 Å². The minimum absolute atomic E-state index is 0.0152. The van der Waals surface area contributed by atoms with Gasteiger partial charge in [0.05, 0.1) is 13.2 Å². The Balaban J connectivity index is 1.34. The van der Waals surface area contributed by atoms with Crippen LogP contribution in [0.3, 0.4) is 0 Å². The molecule has 0 aromatic heterocycles. The molecule has 7 heteroatoms. The smallest absolute Gasteiger partial charge is 0.260 e. The molecule has 1 heterocycles. The highest BCUT2D eigenvalue weighted by atomic mass is 16.5. The first-order valence-corrected chi connectivity index (χ1v) is 11.8. The van der Waals surface area contributed by atoms with Gasteiger partial charge in [0.2, 0.25) is 5.91 Å². The van der Waals surface area contributed by atoms with E-state index in [1.165, 1.54) is 12.8 Å². The van der Waals surface area contributed by atoms with Gasteiger partial charge in [0.15, 0.2) is 6.61 Å². The second-order valence-electron chi connectivity index (χ2n) is 8.73. The van der Waals surface area contributed by atoms with Crippen LogP contribution in [-0.4, -0.2) is 67.6 Å². The van der Waals surface area contributed by atoms with Gasteiger partial charge in [-0.2, -0.15) is 0 Å². The number of piperazine rings is 1. The Hall–Kier alpha value is -3.06. The number of rotatable bonds is 8. The number of nitrogens with zero attached hydrogens (tertiary/aromatic N) is 2. The van der Waals surface area contributed by atoms with Crippen LogP contribution >= 0.6 is 0 Å². The van der Waals surface area contributed by atoms with Gasteiger partial charge in [-0.25, -0.2) is 0 Å². The molecular weight excluding hydrogens is 418 g/mol. The van der Waals surface area contributed by atoms with Crippen LogP contribution < -0.4 is 14.8 Å². The molecule has 33 heavy (non-hydrogen) atoms. The monoisotopic (exact) mass is 451 g/mol. The highest BCUT2D eigenvalue weighted by Crippen LogP contribution is 2.32. The van der Waals surface area contributed by atoms with E-state index in [2.05, 4.69) is 10.2 Å². The number of benzene rings is 2. The fourth-order valence-corrected chi connectivity index (χ4v) is 4.84. The molecule has 2 aromatic rings. The van der Waals surface area contributed by atoms with Gasteiger partial charge in [0.25, 0.3) is 5.91 Å². The molecule has 0 spiro atoms. The van der Waals surface area contributed by atoms with Crippen LogP contribution in [0.2, 0.25) is 0 Å². The average Bonchev–Trinajstić information content (AvgIpc) is 3.38. The van der Waals surface area contributed by atoms with Crippen LogP contribution in [0.15, 0.2) is 54.6 Å². The normalized spacial score (nSPS) is 18.0. The van der Waals surface area contributed by atoms with E-state index in [-0.39, 0.29) is 24.5 Å². The number of hydrogen-bond donors (Lipinski definition) is 1. The Morgan fingerprint density at radius 2 is 1.61 bits per heavy atom. The van der Waals surface area contributed by atoms with Gasteiger partial charge < -0.3 is 19.7 Å². The molecule has 1 saturated heterocycles.